The molecule has 1 saturated heterocycles. The number of nitrogens with zero attached hydrogens (tertiary/aromatic N) is 2. The summed E-state index contributed by atoms with van der Waals surface area (Å²) in [6.07, 6.45) is 0.903. The largest absolute Gasteiger partial charge is 0.494 e. The van der Waals surface area contributed by atoms with Gasteiger partial charge in [0.25, 0.3) is 0 Å². The Morgan fingerprint density at radius 2 is 2.16 bits per heavy atom. The molecule has 0 amide bonds. The summed E-state index contributed by atoms with van der Waals surface area (Å²) in [6, 6.07) is 8.24. The maximum atomic E-state index is 9.27. The van der Waals surface area contributed by atoms with Crippen LogP contribution < -0.4 is 4.74 Å². The molecular weight excluding hydrogens is 240 g/mol. The lowest BCUT2D eigenvalue weighted by Gasteiger charge is -2.35. The van der Waals surface area contributed by atoms with Crippen molar-refractivity contribution in [1.82, 2.24) is 9.80 Å². The van der Waals surface area contributed by atoms with E-state index in [0.717, 1.165) is 45.0 Å². The highest BCUT2D eigenvalue weighted by atomic mass is 16.5. The summed E-state index contributed by atoms with van der Waals surface area (Å²) in [7, 11) is 4.14. The molecule has 2 rings (SSSR count). The van der Waals surface area contributed by atoms with Gasteiger partial charge in [0.2, 0.25) is 0 Å². The first-order chi connectivity index (χ1) is 9.13. The summed E-state index contributed by atoms with van der Waals surface area (Å²) in [5.74, 6) is 0.942. The molecule has 1 heterocycles. The lowest BCUT2D eigenvalue weighted by molar-refractivity contribution is -0.00289. The van der Waals surface area contributed by atoms with Gasteiger partial charge < -0.3 is 14.7 Å². The molecule has 106 valence electrons. The van der Waals surface area contributed by atoms with Crippen molar-refractivity contribution in [2.24, 2.45) is 0 Å². The van der Waals surface area contributed by atoms with E-state index in [4.69, 9.17) is 4.74 Å². The zero-order valence-electron chi connectivity index (χ0n) is 11.9. The van der Waals surface area contributed by atoms with E-state index in [2.05, 4.69) is 36.0 Å². The topological polar surface area (TPSA) is 35.9 Å². The van der Waals surface area contributed by atoms with Crippen LogP contribution in [-0.4, -0.2) is 61.3 Å². The highest BCUT2D eigenvalue weighted by Gasteiger charge is 2.23. The second-order valence-corrected chi connectivity index (χ2v) is 5.50. The van der Waals surface area contributed by atoms with Crippen LogP contribution in [0.15, 0.2) is 24.3 Å². The molecule has 4 heteroatoms. The van der Waals surface area contributed by atoms with Crippen LogP contribution in [0.2, 0.25) is 0 Å². The SMILES string of the molecule is CN(C)CCCOc1cccc(CN2CC(O)C2)c1. The quantitative estimate of drug-likeness (QED) is 0.751. The predicted octanol–water partition coefficient (Wildman–Crippen LogP) is 1.19. The summed E-state index contributed by atoms with van der Waals surface area (Å²) >= 11 is 0. The summed E-state index contributed by atoms with van der Waals surface area (Å²) in [4.78, 5) is 4.39. The van der Waals surface area contributed by atoms with Crippen LogP contribution in [0.25, 0.3) is 0 Å². The molecule has 1 aliphatic heterocycles. The zero-order valence-corrected chi connectivity index (χ0v) is 11.9. The molecule has 0 aromatic heterocycles. The van der Waals surface area contributed by atoms with Gasteiger partial charge in [0.1, 0.15) is 5.75 Å². The third-order valence-corrected chi connectivity index (χ3v) is 3.26. The minimum Gasteiger partial charge on any atom is -0.494 e. The fraction of sp³-hybridized carbons (Fsp3) is 0.600. The van der Waals surface area contributed by atoms with Crippen LogP contribution in [0.1, 0.15) is 12.0 Å². The van der Waals surface area contributed by atoms with E-state index in [0.29, 0.717) is 0 Å². The van der Waals surface area contributed by atoms with E-state index in [1.165, 1.54) is 5.56 Å². The van der Waals surface area contributed by atoms with Crippen LogP contribution in [0.5, 0.6) is 5.75 Å². The minimum absolute atomic E-state index is 0.134. The fourth-order valence-corrected chi connectivity index (χ4v) is 2.23. The van der Waals surface area contributed by atoms with Crippen molar-refractivity contribution in [1.29, 1.82) is 0 Å². The Morgan fingerprint density at radius 3 is 2.84 bits per heavy atom. The molecule has 0 bridgehead atoms. The monoisotopic (exact) mass is 264 g/mol. The number of likely N-dealkylation sites (tertiary alicyclic amines) is 1. The van der Waals surface area contributed by atoms with Gasteiger partial charge >= 0.3 is 0 Å². The van der Waals surface area contributed by atoms with Crippen LogP contribution in [0.4, 0.5) is 0 Å². The summed E-state index contributed by atoms with van der Waals surface area (Å²) in [6.45, 7) is 4.27. The molecular formula is C15H24N2O2. The molecule has 0 radical (unpaired) electrons. The first-order valence-electron chi connectivity index (χ1n) is 6.90. The summed E-state index contributed by atoms with van der Waals surface area (Å²) < 4.78 is 5.76. The Labute approximate surface area is 115 Å². The first kappa shape index (κ1) is 14.3. The molecule has 1 N–H and O–H groups in total. The number of aliphatic hydroxyl groups excluding tert-OH is 1. The Bertz CT molecular complexity index is 389. The average Bonchev–Trinajstić information content (AvgIpc) is 2.33. The number of hydrogen-bond donors (Lipinski definition) is 1. The molecule has 1 aromatic carbocycles. The van der Waals surface area contributed by atoms with Crippen molar-refractivity contribution in [3.05, 3.63) is 29.8 Å². The number of rotatable bonds is 7. The third-order valence-electron chi connectivity index (χ3n) is 3.26. The Balaban J connectivity index is 1.75. The summed E-state index contributed by atoms with van der Waals surface area (Å²) in [5.41, 5.74) is 1.25. The molecule has 0 unspecified atom stereocenters. The van der Waals surface area contributed by atoms with Gasteiger partial charge in [-0.3, -0.25) is 4.90 Å². The van der Waals surface area contributed by atoms with Gasteiger partial charge in [0.15, 0.2) is 0 Å². The van der Waals surface area contributed by atoms with Gasteiger partial charge in [-0.25, -0.2) is 0 Å². The van der Waals surface area contributed by atoms with Crippen LogP contribution in [0.3, 0.4) is 0 Å². The van der Waals surface area contributed by atoms with E-state index in [9.17, 15) is 5.11 Å². The molecule has 4 nitrogen and oxygen atoms in total. The average molecular weight is 264 g/mol. The van der Waals surface area contributed by atoms with E-state index < -0.39 is 0 Å². The van der Waals surface area contributed by atoms with Crippen molar-refractivity contribution in [2.75, 3.05) is 40.3 Å². The third kappa shape index (κ3) is 4.82. The lowest BCUT2D eigenvalue weighted by Crippen LogP contribution is -2.49. The molecule has 0 spiro atoms. The summed E-state index contributed by atoms with van der Waals surface area (Å²) in [5, 5.41) is 9.27. The Morgan fingerprint density at radius 1 is 1.37 bits per heavy atom. The molecule has 0 aliphatic carbocycles. The van der Waals surface area contributed by atoms with Crippen molar-refractivity contribution >= 4 is 0 Å². The van der Waals surface area contributed by atoms with Crippen molar-refractivity contribution < 1.29 is 9.84 Å². The molecule has 1 aliphatic rings. The van der Waals surface area contributed by atoms with Gasteiger partial charge in [0, 0.05) is 26.2 Å². The van der Waals surface area contributed by atoms with Gasteiger partial charge in [-0.15, -0.1) is 0 Å². The van der Waals surface area contributed by atoms with E-state index >= 15 is 0 Å². The maximum Gasteiger partial charge on any atom is 0.119 e. The van der Waals surface area contributed by atoms with Crippen LogP contribution in [-0.2, 0) is 6.54 Å². The van der Waals surface area contributed by atoms with E-state index in [1.807, 2.05) is 12.1 Å². The molecule has 0 saturated carbocycles. The molecule has 19 heavy (non-hydrogen) atoms. The number of β-amino-alcohol motifs (C(OH)–C–C–N with tert-alkyl or cyclic N) is 1. The smallest absolute Gasteiger partial charge is 0.119 e. The minimum atomic E-state index is -0.134. The fourth-order valence-electron chi connectivity index (χ4n) is 2.23. The van der Waals surface area contributed by atoms with Gasteiger partial charge in [-0.1, -0.05) is 12.1 Å². The molecule has 1 aromatic rings. The van der Waals surface area contributed by atoms with Crippen LogP contribution >= 0.6 is 0 Å². The van der Waals surface area contributed by atoms with E-state index in [-0.39, 0.29) is 6.10 Å². The Hall–Kier alpha value is -1.10. The van der Waals surface area contributed by atoms with Gasteiger partial charge in [-0.2, -0.15) is 0 Å². The normalized spacial score (nSPS) is 16.6. The number of ether oxygens (including phenoxy) is 1. The van der Waals surface area contributed by atoms with Gasteiger partial charge in [-0.05, 0) is 38.2 Å². The second kappa shape index (κ2) is 6.89. The standard InChI is InChI=1S/C15H24N2O2/c1-16(2)7-4-8-19-15-6-3-5-13(9-15)10-17-11-14(18)12-17/h3,5-6,9,14,18H,4,7-8,10-12H2,1-2H3. The first-order valence-corrected chi connectivity index (χ1v) is 6.90. The van der Waals surface area contributed by atoms with Crippen molar-refractivity contribution in [3.8, 4) is 5.75 Å². The Kier molecular flexibility index (Phi) is 5.19. The number of aliphatic hydroxyl groups is 1. The van der Waals surface area contributed by atoms with Crippen molar-refractivity contribution in [2.45, 2.75) is 19.1 Å². The van der Waals surface area contributed by atoms with Crippen LogP contribution in [0, 0.1) is 0 Å². The highest BCUT2D eigenvalue weighted by Crippen LogP contribution is 2.18. The molecule has 0 atom stereocenters. The zero-order chi connectivity index (χ0) is 13.7. The highest BCUT2D eigenvalue weighted by molar-refractivity contribution is 5.28. The lowest BCUT2D eigenvalue weighted by atomic mass is 10.1. The number of benzene rings is 1. The maximum absolute atomic E-state index is 9.27. The van der Waals surface area contributed by atoms with Gasteiger partial charge in [0.05, 0.1) is 12.7 Å². The number of hydrogen-bond acceptors (Lipinski definition) is 4. The molecule has 1 fully saturated rings. The van der Waals surface area contributed by atoms with Crippen molar-refractivity contribution in [3.63, 3.8) is 0 Å². The second-order valence-electron chi connectivity index (χ2n) is 5.50. The van der Waals surface area contributed by atoms with E-state index in [1.54, 1.807) is 0 Å². The predicted molar refractivity (Wildman–Crippen MR) is 76.4 cm³/mol.